The van der Waals surface area contributed by atoms with Crippen LogP contribution in [0.15, 0.2) is 36.4 Å². The van der Waals surface area contributed by atoms with Crippen molar-refractivity contribution >= 4 is 28.7 Å². The van der Waals surface area contributed by atoms with Crippen molar-refractivity contribution in [1.82, 2.24) is 4.90 Å². The average Bonchev–Trinajstić information content (AvgIpc) is 2.71. The maximum Gasteiger partial charge on any atom is 0.416 e. The van der Waals surface area contributed by atoms with Gasteiger partial charge in [-0.05, 0) is 67.5 Å². The molecule has 2 aromatic carbocycles. The molecule has 1 atom stereocenters. The Morgan fingerprint density at radius 2 is 1.91 bits per heavy atom. The molecule has 1 saturated carbocycles. The van der Waals surface area contributed by atoms with Crippen molar-refractivity contribution in [3.63, 3.8) is 0 Å². The molecule has 7 nitrogen and oxygen atoms in total. The van der Waals surface area contributed by atoms with Gasteiger partial charge in [0.05, 0.1) is 12.5 Å². The SMILES string of the molecule is COc1ccc2cccc(CCN(C(C)=O)C(=O)OC(C3CCC3)C(C)(C)C(=O)O)c2c1. The Kier molecular flexibility index (Phi) is 7.06. The summed E-state index contributed by atoms with van der Waals surface area (Å²) in [5, 5.41) is 11.7. The number of amides is 2. The summed E-state index contributed by atoms with van der Waals surface area (Å²) in [6.45, 7) is 4.57. The maximum atomic E-state index is 13.0. The van der Waals surface area contributed by atoms with Crippen LogP contribution in [-0.2, 0) is 20.7 Å². The van der Waals surface area contributed by atoms with Gasteiger partial charge in [-0.25, -0.2) is 9.69 Å². The molecule has 0 aromatic heterocycles. The van der Waals surface area contributed by atoms with Crippen LogP contribution in [0.5, 0.6) is 5.75 Å². The highest BCUT2D eigenvalue weighted by Gasteiger charge is 2.46. The van der Waals surface area contributed by atoms with Gasteiger partial charge in [-0.1, -0.05) is 30.7 Å². The molecule has 32 heavy (non-hydrogen) atoms. The number of fused-ring (bicyclic) bond motifs is 1. The topological polar surface area (TPSA) is 93.1 Å². The lowest BCUT2D eigenvalue weighted by atomic mass is 9.71. The summed E-state index contributed by atoms with van der Waals surface area (Å²) in [4.78, 5) is 38.1. The fourth-order valence-corrected chi connectivity index (χ4v) is 4.14. The normalized spacial score (nSPS) is 15.0. The van der Waals surface area contributed by atoms with E-state index in [-0.39, 0.29) is 12.5 Å². The fourth-order valence-electron chi connectivity index (χ4n) is 4.14. The Hall–Kier alpha value is -3.09. The van der Waals surface area contributed by atoms with E-state index >= 15 is 0 Å². The van der Waals surface area contributed by atoms with Crippen LogP contribution < -0.4 is 4.74 Å². The molecule has 1 unspecified atom stereocenters. The van der Waals surface area contributed by atoms with E-state index in [4.69, 9.17) is 9.47 Å². The number of methoxy groups -OCH3 is 1. The Labute approximate surface area is 188 Å². The van der Waals surface area contributed by atoms with Gasteiger partial charge in [0, 0.05) is 13.5 Å². The van der Waals surface area contributed by atoms with Crippen LogP contribution in [0.3, 0.4) is 0 Å². The highest BCUT2D eigenvalue weighted by Crippen LogP contribution is 2.40. The molecule has 3 rings (SSSR count). The summed E-state index contributed by atoms with van der Waals surface area (Å²) in [6, 6.07) is 11.7. The van der Waals surface area contributed by atoms with Gasteiger partial charge in [-0.3, -0.25) is 9.59 Å². The molecule has 7 heteroatoms. The zero-order chi connectivity index (χ0) is 23.5. The zero-order valence-corrected chi connectivity index (χ0v) is 19.1. The minimum atomic E-state index is -1.24. The molecule has 2 aromatic rings. The highest BCUT2D eigenvalue weighted by molar-refractivity contribution is 5.91. The number of carbonyl (C=O) groups is 3. The minimum absolute atomic E-state index is 0.00982. The van der Waals surface area contributed by atoms with Crippen molar-refractivity contribution in [3.8, 4) is 5.75 Å². The van der Waals surface area contributed by atoms with Crippen molar-refractivity contribution in [2.24, 2.45) is 11.3 Å². The van der Waals surface area contributed by atoms with Gasteiger partial charge in [0.1, 0.15) is 11.9 Å². The number of imide groups is 1. The first-order valence-electron chi connectivity index (χ1n) is 10.9. The molecule has 1 fully saturated rings. The summed E-state index contributed by atoms with van der Waals surface area (Å²) in [5.74, 6) is -0.744. The number of benzene rings is 2. The van der Waals surface area contributed by atoms with E-state index in [1.54, 1.807) is 21.0 Å². The molecular weight excluding hydrogens is 410 g/mol. The first kappa shape index (κ1) is 23.6. The molecule has 1 aliphatic carbocycles. The Morgan fingerprint density at radius 1 is 1.19 bits per heavy atom. The maximum absolute atomic E-state index is 13.0. The molecule has 0 bridgehead atoms. The number of aliphatic carboxylic acids is 1. The smallest absolute Gasteiger partial charge is 0.416 e. The van der Waals surface area contributed by atoms with Gasteiger partial charge in [-0.15, -0.1) is 0 Å². The van der Waals surface area contributed by atoms with Crippen LogP contribution >= 0.6 is 0 Å². The van der Waals surface area contributed by atoms with Crippen LogP contribution in [0.4, 0.5) is 4.79 Å². The van der Waals surface area contributed by atoms with E-state index in [1.165, 1.54) is 6.92 Å². The van der Waals surface area contributed by atoms with Gasteiger partial charge in [0.25, 0.3) is 0 Å². The Bertz CT molecular complexity index is 1010. The van der Waals surface area contributed by atoms with Crippen molar-refractivity contribution in [2.75, 3.05) is 13.7 Å². The zero-order valence-electron chi connectivity index (χ0n) is 19.1. The first-order chi connectivity index (χ1) is 15.1. The lowest BCUT2D eigenvalue weighted by molar-refractivity contribution is -0.158. The standard InChI is InChI=1S/C25H31NO6/c1-16(27)26(24(30)32-22(19-9-6-10-19)25(2,3)23(28)29)14-13-18-8-5-7-17-11-12-20(31-4)15-21(17)18/h5,7-8,11-12,15,19,22H,6,9-10,13-14H2,1-4H3,(H,28,29). The molecule has 0 aliphatic heterocycles. The van der Waals surface area contributed by atoms with E-state index in [0.717, 1.165) is 46.2 Å². The number of rotatable bonds is 8. The summed E-state index contributed by atoms with van der Waals surface area (Å²) in [6.07, 6.45) is 1.47. The van der Waals surface area contributed by atoms with Crippen LogP contribution in [0, 0.1) is 11.3 Å². The summed E-state index contributed by atoms with van der Waals surface area (Å²) in [5.41, 5.74) is -0.267. The number of hydrogen-bond acceptors (Lipinski definition) is 5. The second-order valence-electron chi connectivity index (χ2n) is 8.95. The minimum Gasteiger partial charge on any atom is -0.497 e. The summed E-state index contributed by atoms with van der Waals surface area (Å²) >= 11 is 0. The van der Waals surface area contributed by atoms with Crippen molar-refractivity contribution in [3.05, 3.63) is 42.0 Å². The van der Waals surface area contributed by atoms with Gasteiger partial charge in [0.15, 0.2) is 0 Å². The number of carboxylic acid groups (broad SMARTS) is 1. The average molecular weight is 442 g/mol. The highest BCUT2D eigenvalue weighted by atomic mass is 16.6. The third-order valence-electron chi connectivity index (χ3n) is 6.45. The monoisotopic (exact) mass is 441 g/mol. The van der Waals surface area contributed by atoms with Gasteiger partial charge < -0.3 is 14.6 Å². The number of carbonyl (C=O) groups excluding carboxylic acids is 2. The molecule has 1 N–H and O–H groups in total. The molecule has 0 spiro atoms. The third-order valence-corrected chi connectivity index (χ3v) is 6.45. The Morgan fingerprint density at radius 3 is 2.47 bits per heavy atom. The second-order valence-corrected chi connectivity index (χ2v) is 8.95. The molecule has 0 radical (unpaired) electrons. The van der Waals surface area contributed by atoms with Crippen molar-refractivity contribution in [2.45, 2.75) is 52.6 Å². The lowest BCUT2D eigenvalue weighted by Gasteiger charge is -2.40. The predicted octanol–water partition coefficient (Wildman–Crippen LogP) is 4.66. The van der Waals surface area contributed by atoms with Gasteiger partial charge in [-0.2, -0.15) is 0 Å². The third kappa shape index (κ3) is 4.87. The van der Waals surface area contributed by atoms with Gasteiger partial charge >= 0.3 is 12.1 Å². The molecule has 0 saturated heterocycles. The van der Waals surface area contributed by atoms with E-state index in [9.17, 15) is 19.5 Å². The molecule has 172 valence electrons. The van der Waals surface area contributed by atoms with E-state index in [1.807, 2.05) is 36.4 Å². The van der Waals surface area contributed by atoms with Crippen LogP contribution in [0.1, 0.15) is 45.6 Å². The summed E-state index contributed by atoms with van der Waals surface area (Å²) in [7, 11) is 1.61. The lowest BCUT2D eigenvalue weighted by Crippen LogP contribution is -2.49. The number of hydrogen-bond donors (Lipinski definition) is 1. The molecular formula is C25H31NO6. The number of ether oxygens (including phenoxy) is 2. The largest absolute Gasteiger partial charge is 0.497 e. The fraction of sp³-hybridized carbons (Fsp3) is 0.480. The van der Waals surface area contributed by atoms with Crippen molar-refractivity contribution < 1.29 is 29.0 Å². The number of nitrogens with zero attached hydrogens (tertiary/aromatic N) is 1. The number of carboxylic acids is 1. The molecule has 0 heterocycles. The van der Waals surface area contributed by atoms with E-state index in [0.29, 0.717) is 6.42 Å². The van der Waals surface area contributed by atoms with Crippen LogP contribution in [0.2, 0.25) is 0 Å². The second kappa shape index (κ2) is 9.59. The molecule has 2 amide bonds. The quantitative estimate of drug-likeness (QED) is 0.641. The van der Waals surface area contributed by atoms with Gasteiger partial charge in [0.2, 0.25) is 5.91 Å². The Balaban J connectivity index is 1.78. The van der Waals surface area contributed by atoms with Crippen LogP contribution in [-0.4, -0.2) is 47.7 Å². The van der Waals surface area contributed by atoms with Crippen LogP contribution in [0.25, 0.3) is 10.8 Å². The summed E-state index contributed by atoms with van der Waals surface area (Å²) < 4.78 is 11.0. The molecule has 1 aliphatic rings. The predicted molar refractivity (Wildman–Crippen MR) is 121 cm³/mol. The van der Waals surface area contributed by atoms with Crippen molar-refractivity contribution in [1.29, 1.82) is 0 Å². The van der Waals surface area contributed by atoms with E-state index < -0.39 is 29.5 Å². The first-order valence-corrected chi connectivity index (χ1v) is 10.9. The van der Waals surface area contributed by atoms with E-state index in [2.05, 4.69) is 0 Å².